The van der Waals surface area contributed by atoms with Crippen LogP contribution < -0.4 is 14.8 Å². The number of urea groups is 1. The Bertz CT molecular complexity index is 685. The van der Waals surface area contributed by atoms with E-state index in [1.54, 1.807) is 19.1 Å². The molecule has 0 bridgehead atoms. The van der Waals surface area contributed by atoms with E-state index in [1.165, 1.54) is 11.5 Å². The van der Waals surface area contributed by atoms with Crippen molar-refractivity contribution in [2.45, 2.75) is 12.6 Å². The minimum absolute atomic E-state index is 0.132. The summed E-state index contributed by atoms with van der Waals surface area (Å²) in [6.07, 6.45) is 0.132. The lowest BCUT2D eigenvalue weighted by molar-refractivity contribution is -0.0796. The molecule has 1 aliphatic rings. The van der Waals surface area contributed by atoms with E-state index in [4.69, 9.17) is 14.2 Å². The number of amides is 2. The van der Waals surface area contributed by atoms with Gasteiger partial charge in [0.25, 0.3) is 0 Å². The van der Waals surface area contributed by atoms with Gasteiger partial charge in [0.1, 0.15) is 11.9 Å². The predicted octanol–water partition coefficient (Wildman–Crippen LogP) is 2.59. The molecule has 1 fully saturated rings. The summed E-state index contributed by atoms with van der Waals surface area (Å²) in [5.41, 5.74) is 0.714. The van der Waals surface area contributed by atoms with Crippen molar-refractivity contribution in [2.24, 2.45) is 0 Å². The molecule has 1 N–H and O–H groups in total. The molecule has 7 nitrogen and oxygen atoms in total. The van der Waals surface area contributed by atoms with Crippen molar-refractivity contribution in [3.8, 4) is 11.6 Å². The molecule has 0 spiro atoms. The number of carbonyl (C=O) groups is 1. The largest absolute Gasteiger partial charge is 0.486 e. The van der Waals surface area contributed by atoms with E-state index in [9.17, 15) is 4.79 Å². The molecule has 1 aromatic heterocycles. The lowest BCUT2D eigenvalue weighted by Gasteiger charge is -2.26. The monoisotopic (exact) mass is 349 g/mol. The van der Waals surface area contributed by atoms with Crippen molar-refractivity contribution in [3.63, 3.8) is 0 Å². The van der Waals surface area contributed by atoms with Crippen LogP contribution in [0.25, 0.3) is 0 Å². The van der Waals surface area contributed by atoms with Gasteiger partial charge in [0.15, 0.2) is 0 Å². The number of methoxy groups -OCH3 is 1. The summed E-state index contributed by atoms with van der Waals surface area (Å²) in [4.78, 5) is 14.8. The molecule has 2 aromatic rings. The summed E-state index contributed by atoms with van der Waals surface area (Å²) >= 11 is 1.32. The molecule has 0 aliphatic carbocycles. The number of nitrogens with one attached hydrogen (secondary N) is 1. The highest BCUT2D eigenvalue weighted by Crippen LogP contribution is 2.20. The Kier molecular flexibility index (Phi) is 5.17. The third-order valence-electron chi connectivity index (χ3n) is 3.50. The van der Waals surface area contributed by atoms with E-state index >= 15 is 0 Å². The molecule has 0 unspecified atom stereocenters. The molecule has 8 heteroatoms. The highest BCUT2D eigenvalue weighted by Gasteiger charge is 2.20. The number of benzene rings is 1. The van der Waals surface area contributed by atoms with Crippen molar-refractivity contribution in [3.05, 3.63) is 35.2 Å². The molecule has 2 amide bonds. The maximum Gasteiger partial charge on any atom is 0.321 e. The van der Waals surface area contributed by atoms with Crippen LogP contribution in [0.3, 0.4) is 0 Å². The summed E-state index contributed by atoms with van der Waals surface area (Å²) in [5, 5.41) is 2.85. The van der Waals surface area contributed by atoms with Gasteiger partial charge < -0.3 is 24.4 Å². The van der Waals surface area contributed by atoms with Gasteiger partial charge in [-0.15, -0.1) is 0 Å². The average molecular weight is 349 g/mol. The standard InChI is InChI=1S/C16H19N3O4S/c1-19(8-14-7-15(21-2)18-24-14)16(20)17-11-3-5-12(6-4-11)23-13-9-22-10-13/h3-7,13H,8-10H2,1-2H3,(H,17,20). The fraction of sp³-hybridized carbons (Fsp3) is 0.375. The van der Waals surface area contributed by atoms with Crippen LogP contribution in [0.1, 0.15) is 4.88 Å². The van der Waals surface area contributed by atoms with Crippen LogP contribution in [0.2, 0.25) is 0 Å². The second-order valence-corrected chi connectivity index (χ2v) is 6.31. The third-order valence-corrected chi connectivity index (χ3v) is 4.25. The van der Waals surface area contributed by atoms with Gasteiger partial charge in [-0.2, -0.15) is 4.37 Å². The predicted molar refractivity (Wildman–Crippen MR) is 90.8 cm³/mol. The van der Waals surface area contributed by atoms with Gasteiger partial charge in [-0.3, -0.25) is 0 Å². The number of hydrogen-bond donors (Lipinski definition) is 1. The zero-order valence-electron chi connectivity index (χ0n) is 13.5. The van der Waals surface area contributed by atoms with Crippen LogP contribution in [0.15, 0.2) is 30.3 Å². The van der Waals surface area contributed by atoms with Crippen LogP contribution in [-0.4, -0.2) is 48.8 Å². The SMILES string of the molecule is COc1cc(CN(C)C(=O)Nc2ccc(OC3COC3)cc2)sn1. The Labute approximate surface area is 144 Å². The van der Waals surface area contributed by atoms with E-state index < -0.39 is 0 Å². The fourth-order valence-corrected chi connectivity index (χ4v) is 2.82. The molecular formula is C16H19N3O4S. The van der Waals surface area contributed by atoms with Crippen molar-refractivity contribution in [1.82, 2.24) is 9.27 Å². The minimum atomic E-state index is -0.191. The molecule has 3 rings (SSSR count). The Balaban J connectivity index is 1.51. The van der Waals surface area contributed by atoms with Crippen LogP contribution in [0.4, 0.5) is 10.5 Å². The Morgan fingerprint density at radius 1 is 1.42 bits per heavy atom. The summed E-state index contributed by atoms with van der Waals surface area (Å²) in [7, 11) is 3.30. The first-order valence-electron chi connectivity index (χ1n) is 7.50. The van der Waals surface area contributed by atoms with Crippen LogP contribution in [-0.2, 0) is 11.3 Å². The topological polar surface area (TPSA) is 72.9 Å². The number of rotatable bonds is 6. The van der Waals surface area contributed by atoms with Crippen LogP contribution in [0.5, 0.6) is 11.6 Å². The molecule has 0 radical (unpaired) electrons. The van der Waals surface area contributed by atoms with Gasteiger partial charge in [0, 0.05) is 23.7 Å². The molecular weight excluding hydrogens is 330 g/mol. The number of ether oxygens (including phenoxy) is 3. The van der Waals surface area contributed by atoms with E-state index in [0.29, 0.717) is 31.3 Å². The maximum absolute atomic E-state index is 12.2. The minimum Gasteiger partial charge on any atom is -0.486 e. The molecule has 0 atom stereocenters. The van der Waals surface area contributed by atoms with Gasteiger partial charge in [0.05, 0.1) is 26.9 Å². The van der Waals surface area contributed by atoms with Gasteiger partial charge >= 0.3 is 6.03 Å². The second-order valence-electron chi connectivity index (χ2n) is 5.42. The quantitative estimate of drug-likeness (QED) is 0.868. The van der Waals surface area contributed by atoms with Gasteiger partial charge in [-0.05, 0) is 35.8 Å². The number of nitrogens with zero attached hydrogens (tertiary/aromatic N) is 2. The summed E-state index contributed by atoms with van der Waals surface area (Å²) in [6.45, 7) is 1.73. The summed E-state index contributed by atoms with van der Waals surface area (Å²) in [6, 6.07) is 8.94. The molecule has 1 saturated heterocycles. The van der Waals surface area contributed by atoms with Crippen molar-refractivity contribution >= 4 is 23.3 Å². The van der Waals surface area contributed by atoms with Gasteiger partial charge in [-0.1, -0.05) is 0 Å². The van der Waals surface area contributed by atoms with E-state index in [1.807, 2.05) is 30.3 Å². The Morgan fingerprint density at radius 3 is 2.75 bits per heavy atom. The van der Waals surface area contributed by atoms with E-state index in [-0.39, 0.29) is 12.1 Å². The highest BCUT2D eigenvalue weighted by molar-refractivity contribution is 7.05. The lowest BCUT2D eigenvalue weighted by atomic mass is 10.3. The lowest BCUT2D eigenvalue weighted by Crippen LogP contribution is -2.38. The van der Waals surface area contributed by atoms with Crippen molar-refractivity contribution in [2.75, 3.05) is 32.7 Å². The number of hydrogen-bond acceptors (Lipinski definition) is 6. The fourth-order valence-electron chi connectivity index (χ4n) is 2.08. The van der Waals surface area contributed by atoms with Crippen LogP contribution in [0, 0.1) is 0 Å². The first-order valence-corrected chi connectivity index (χ1v) is 8.27. The second kappa shape index (κ2) is 7.50. The zero-order valence-corrected chi connectivity index (χ0v) is 14.3. The number of aromatic nitrogens is 1. The molecule has 1 aromatic carbocycles. The Hall–Kier alpha value is -2.32. The maximum atomic E-state index is 12.2. The molecule has 0 saturated carbocycles. The summed E-state index contributed by atoms with van der Waals surface area (Å²) < 4.78 is 19.9. The van der Waals surface area contributed by atoms with Crippen LogP contribution >= 0.6 is 11.5 Å². The first kappa shape index (κ1) is 16.5. The zero-order chi connectivity index (χ0) is 16.9. The highest BCUT2D eigenvalue weighted by atomic mass is 32.1. The molecule has 2 heterocycles. The number of carbonyl (C=O) groups excluding carboxylic acids is 1. The van der Waals surface area contributed by atoms with E-state index in [0.717, 1.165) is 10.6 Å². The Morgan fingerprint density at radius 2 is 2.17 bits per heavy atom. The first-order chi connectivity index (χ1) is 11.6. The van der Waals surface area contributed by atoms with Gasteiger partial charge in [0.2, 0.25) is 5.88 Å². The molecule has 1 aliphatic heterocycles. The van der Waals surface area contributed by atoms with E-state index in [2.05, 4.69) is 9.69 Å². The average Bonchev–Trinajstić information content (AvgIpc) is 3.00. The number of anilines is 1. The summed E-state index contributed by atoms with van der Waals surface area (Å²) in [5.74, 6) is 1.34. The normalized spacial score (nSPS) is 13.9. The smallest absolute Gasteiger partial charge is 0.321 e. The van der Waals surface area contributed by atoms with Crippen molar-refractivity contribution in [1.29, 1.82) is 0 Å². The van der Waals surface area contributed by atoms with Gasteiger partial charge in [-0.25, -0.2) is 4.79 Å². The van der Waals surface area contributed by atoms with Crippen molar-refractivity contribution < 1.29 is 19.0 Å². The molecule has 128 valence electrons. The third kappa shape index (κ3) is 4.15. The molecule has 24 heavy (non-hydrogen) atoms.